The Morgan fingerprint density at radius 3 is 2.71 bits per heavy atom. The van der Waals surface area contributed by atoms with Gasteiger partial charge in [-0.15, -0.1) is 0 Å². The lowest BCUT2D eigenvalue weighted by molar-refractivity contribution is -0.137. The predicted octanol–water partition coefficient (Wildman–Crippen LogP) is 2.54. The van der Waals surface area contributed by atoms with Crippen molar-refractivity contribution < 1.29 is 22.8 Å². The van der Waals surface area contributed by atoms with Gasteiger partial charge in [0.2, 0.25) is 11.8 Å². The Labute approximate surface area is 180 Å². The van der Waals surface area contributed by atoms with Crippen LogP contribution >= 0.6 is 11.6 Å². The summed E-state index contributed by atoms with van der Waals surface area (Å²) in [6.45, 7) is -0.186. The second-order valence-electron chi connectivity index (χ2n) is 7.31. The number of aryl methyl sites for hydroxylation is 1. The van der Waals surface area contributed by atoms with Crippen molar-refractivity contribution in [3.05, 3.63) is 45.1 Å². The lowest BCUT2D eigenvalue weighted by Crippen LogP contribution is -2.39. The van der Waals surface area contributed by atoms with Gasteiger partial charge in [0, 0.05) is 25.7 Å². The molecule has 0 saturated heterocycles. The number of nitrogens with zero attached hydrogens (tertiary/aromatic N) is 4. The minimum atomic E-state index is -4.67. The normalized spacial score (nSPS) is 14.0. The summed E-state index contributed by atoms with van der Waals surface area (Å²) in [5, 5.41) is 6.05. The third-order valence-electron chi connectivity index (χ3n) is 4.93. The van der Waals surface area contributed by atoms with E-state index in [2.05, 4.69) is 10.4 Å². The standard InChI is InChI=1S/C19H21ClF3N5O3/c1-26(10-16(29)24-12-6-7-14(20)13(9-12)19(21,22)23)17(30)11-28-18(31)27-8-4-2-3-5-15(27)25-28/h6-7,9H,2-5,8,10-11H2,1H3,(H,24,29). The molecule has 0 atom stereocenters. The summed E-state index contributed by atoms with van der Waals surface area (Å²) >= 11 is 5.56. The fourth-order valence-electron chi connectivity index (χ4n) is 3.30. The van der Waals surface area contributed by atoms with Gasteiger partial charge in [-0.3, -0.25) is 14.2 Å². The van der Waals surface area contributed by atoms with Crippen LogP contribution in [0.5, 0.6) is 0 Å². The number of anilines is 1. The maximum absolute atomic E-state index is 12.9. The Hall–Kier alpha value is -2.82. The maximum Gasteiger partial charge on any atom is 0.417 e. The number of carbonyl (C=O) groups excluding carboxylic acids is 2. The van der Waals surface area contributed by atoms with Gasteiger partial charge in [-0.05, 0) is 31.0 Å². The van der Waals surface area contributed by atoms with E-state index in [-0.39, 0.29) is 17.9 Å². The largest absolute Gasteiger partial charge is 0.417 e. The van der Waals surface area contributed by atoms with Crippen molar-refractivity contribution in [2.45, 2.75) is 44.9 Å². The number of fused-ring (bicyclic) bond motifs is 1. The van der Waals surface area contributed by atoms with Crippen LogP contribution in [0.25, 0.3) is 0 Å². The first-order valence-corrected chi connectivity index (χ1v) is 10.0. The van der Waals surface area contributed by atoms with Gasteiger partial charge >= 0.3 is 11.9 Å². The maximum atomic E-state index is 12.9. The highest BCUT2D eigenvalue weighted by atomic mass is 35.5. The highest BCUT2D eigenvalue weighted by Crippen LogP contribution is 2.36. The van der Waals surface area contributed by atoms with Crippen molar-refractivity contribution in [1.82, 2.24) is 19.2 Å². The van der Waals surface area contributed by atoms with E-state index in [4.69, 9.17) is 11.6 Å². The number of likely N-dealkylation sites (N-methyl/N-ethyl adjacent to an activating group) is 1. The van der Waals surface area contributed by atoms with E-state index in [9.17, 15) is 27.6 Å². The topological polar surface area (TPSA) is 89.2 Å². The molecular formula is C19H21ClF3N5O3. The van der Waals surface area contributed by atoms with Crippen LogP contribution < -0.4 is 11.0 Å². The number of hydrogen-bond acceptors (Lipinski definition) is 4. The summed E-state index contributed by atoms with van der Waals surface area (Å²) in [5.41, 5.74) is -1.55. The first kappa shape index (κ1) is 22.9. The molecule has 2 amide bonds. The van der Waals surface area contributed by atoms with Gasteiger partial charge in [0.05, 0.1) is 17.1 Å². The average Bonchev–Trinajstić information content (AvgIpc) is 2.84. The SMILES string of the molecule is CN(CC(=O)Nc1ccc(Cl)c(C(F)(F)F)c1)C(=O)Cn1nc2n(c1=O)CCCCC2. The molecule has 1 aliphatic heterocycles. The van der Waals surface area contributed by atoms with E-state index in [1.807, 2.05) is 0 Å². The molecule has 31 heavy (non-hydrogen) atoms. The lowest BCUT2D eigenvalue weighted by Gasteiger charge is -2.17. The quantitative estimate of drug-likeness (QED) is 0.744. The first-order chi connectivity index (χ1) is 14.6. The highest BCUT2D eigenvalue weighted by molar-refractivity contribution is 6.31. The van der Waals surface area contributed by atoms with Crippen molar-refractivity contribution >= 4 is 29.1 Å². The van der Waals surface area contributed by atoms with E-state index in [1.54, 1.807) is 4.57 Å². The summed E-state index contributed by atoms with van der Waals surface area (Å²) in [5.74, 6) is -0.587. The number of alkyl halides is 3. The number of carbonyl (C=O) groups is 2. The second-order valence-corrected chi connectivity index (χ2v) is 7.72. The smallest absolute Gasteiger partial charge is 0.335 e. The monoisotopic (exact) mass is 459 g/mol. The van der Waals surface area contributed by atoms with Gasteiger partial charge in [0.1, 0.15) is 12.4 Å². The molecule has 0 spiro atoms. The fraction of sp³-hybridized carbons (Fsp3) is 0.474. The zero-order valence-electron chi connectivity index (χ0n) is 16.7. The number of hydrogen-bond donors (Lipinski definition) is 1. The summed E-state index contributed by atoms with van der Waals surface area (Å²) in [6.07, 6.45) is -1.20. The molecule has 0 saturated carbocycles. The van der Waals surface area contributed by atoms with Crippen LogP contribution in [0, 0.1) is 0 Å². The Bertz CT molecular complexity index is 1050. The Morgan fingerprint density at radius 2 is 2.00 bits per heavy atom. The predicted molar refractivity (Wildman–Crippen MR) is 107 cm³/mol. The van der Waals surface area contributed by atoms with Gasteiger partial charge in [-0.1, -0.05) is 18.0 Å². The number of benzene rings is 1. The third kappa shape index (κ3) is 5.46. The Kier molecular flexibility index (Phi) is 6.73. The second kappa shape index (κ2) is 9.13. The van der Waals surface area contributed by atoms with E-state index >= 15 is 0 Å². The molecule has 2 heterocycles. The first-order valence-electron chi connectivity index (χ1n) is 9.63. The molecule has 1 N–H and O–H groups in total. The molecule has 0 fully saturated rings. The number of halogens is 4. The van der Waals surface area contributed by atoms with Crippen molar-refractivity contribution in [2.75, 3.05) is 18.9 Å². The van der Waals surface area contributed by atoms with Gasteiger partial charge in [0.25, 0.3) is 0 Å². The minimum absolute atomic E-state index is 0.100. The molecule has 1 aromatic carbocycles. The molecular weight excluding hydrogens is 439 g/mol. The molecule has 8 nitrogen and oxygen atoms in total. The fourth-order valence-corrected chi connectivity index (χ4v) is 3.53. The molecule has 0 radical (unpaired) electrons. The average molecular weight is 460 g/mol. The minimum Gasteiger partial charge on any atom is -0.335 e. The van der Waals surface area contributed by atoms with Crippen LogP contribution in [0.2, 0.25) is 5.02 Å². The molecule has 12 heteroatoms. The van der Waals surface area contributed by atoms with Crippen LogP contribution in [0.1, 0.15) is 30.7 Å². The van der Waals surface area contributed by atoms with Crippen LogP contribution in [0.4, 0.5) is 18.9 Å². The van der Waals surface area contributed by atoms with Gasteiger partial charge < -0.3 is 10.2 Å². The van der Waals surface area contributed by atoms with Crippen molar-refractivity contribution in [2.24, 2.45) is 0 Å². The van der Waals surface area contributed by atoms with Crippen LogP contribution in [-0.2, 0) is 35.3 Å². The molecule has 1 aromatic heterocycles. The van der Waals surface area contributed by atoms with E-state index in [0.29, 0.717) is 18.8 Å². The zero-order valence-corrected chi connectivity index (χ0v) is 17.5. The van der Waals surface area contributed by atoms with Gasteiger partial charge in [-0.25, -0.2) is 9.48 Å². The van der Waals surface area contributed by atoms with E-state index in [0.717, 1.165) is 41.0 Å². The molecule has 168 valence electrons. The van der Waals surface area contributed by atoms with Crippen molar-refractivity contribution in [1.29, 1.82) is 0 Å². The number of aromatic nitrogens is 3. The molecule has 0 bridgehead atoms. The zero-order chi connectivity index (χ0) is 22.8. The van der Waals surface area contributed by atoms with Crippen molar-refractivity contribution in [3.63, 3.8) is 0 Å². The van der Waals surface area contributed by atoms with Crippen LogP contribution in [0.15, 0.2) is 23.0 Å². The summed E-state index contributed by atoms with van der Waals surface area (Å²) < 4.78 is 41.5. The Morgan fingerprint density at radius 1 is 1.26 bits per heavy atom. The number of rotatable bonds is 5. The van der Waals surface area contributed by atoms with Crippen LogP contribution in [0.3, 0.4) is 0 Å². The number of nitrogens with one attached hydrogen (secondary N) is 1. The highest BCUT2D eigenvalue weighted by Gasteiger charge is 2.33. The van der Waals surface area contributed by atoms with Gasteiger partial charge in [-0.2, -0.15) is 18.3 Å². The van der Waals surface area contributed by atoms with Crippen LogP contribution in [-0.4, -0.2) is 44.7 Å². The summed E-state index contributed by atoms with van der Waals surface area (Å²) in [7, 11) is 1.36. The Balaban J connectivity index is 1.61. The summed E-state index contributed by atoms with van der Waals surface area (Å²) in [6, 6.07) is 2.99. The summed E-state index contributed by atoms with van der Waals surface area (Å²) in [4.78, 5) is 38.1. The van der Waals surface area contributed by atoms with Crippen molar-refractivity contribution in [3.8, 4) is 0 Å². The molecule has 2 aromatic rings. The molecule has 0 aliphatic carbocycles. The molecule has 3 rings (SSSR count). The molecule has 0 unspecified atom stereocenters. The number of amides is 2. The third-order valence-corrected chi connectivity index (χ3v) is 5.26. The van der Waals surface area contributed by atoms with E-state index in [1.165, 1.54) is 13.1 Å². The molecule has 1 aliphatic rings. The van der Waals surface area contributed by atoms with Gasteiger partial charge in [0.15, 0.2) is 0 Å². The van der Waals surface area contributed by atoms with E-state index < -0.39 is 35.1 Å². The lowest BCUT2D eigenvalue weighted by atomic mass is 10.2.